The molecule has 4 rings (SSSR count). The highest BCUT2D eigenvalue weighted by Crippen LogP contribution is 2.30. The number of piperidine rings is 2. The van der Waals surface area contributed by atoms with Crippen molar-refractivity contribution in [1.29, 1.82) is 0 Å². The van der Waals surface area contributed by atoms with Crippen molar-refractivity contribution in [2.45, 2.75) is 37.6 Å². The fraction of sp³-hybridized carbons (Fsp3) is 0.550. The lowest BCUT2D eigenvalue weighted by Crippen LogP contribution is -2.50. The van der Waals surface area contributed by atoms with Gasteiger partial charge < -0.3 is 20.1 Å². The number of aromatic amines is 1. The second-order valence-corrected chi connectivity index (χ2v) is 7.60. The normalized spacial score (nSPS) is 20.9. The second-order valence-electron chi connectivity index (χ2n) is 7.60. The van der Waals surface area contributed by atoms with Gasteiger partial charge in [-0.1, -0.05) is 18.2 Å². The predicted molar refractivity (Wildman–Crippen MR) is 101 cm³/mol. The van der Waals surface area contributed by atoms with Crippen LogP contribution in [-0.4, -0.2) is 60.1 Å². The Balaban J connectivity index is 1.31. The van der Waals surface area contributed by atoms with Crippen LogP contribution in [0.25, 0.3) is 10.9 Å². The molecule has 0 unspecified atom stereocenters. The van der Waals surface area contributed by atoms with Gasteiger partial charge in [-0.2, -0.15) is 0 Å². The zero-order valence-electron chi connectivity index (χ0n) is 15.0. The maximum Gasteiger partial charge on any atom is 0.317 e. The number of fused-ring (bicyclic) bond motifs is 1. The van der Waals surface area contributed by atoms with E-state index in [9.17, 15) is 4.79 Å². The summed E-state index contributed by atoms with van der Waals surface area (Å²) in [7, 11) is 2.15. The zero-order valence-corrected chi connectivity index (χ0v) is 15.0. The third-order valence-electron chi connectivity index (χ3n) is 5.82. The molecule has 0 aliphatic carbocycles. The van der Waals surface area contributed by atoms with Crippen LogP contribution in [0.5, 0.6) is 0 Å². The van der Waals surface area contributed by atoms with Crippen molar-refractivity contribution in [3.05, 3.63) is 36.0 Å². The Kier molecular flexibility index (Phi) is 4.66. The molecule has 2 amide bonds. The predicted octanol–water partition coefficient (Wildman–Crippen LogP) is 3.15. The van der Waals surface area contributed by atoms with Gasteiger partial charge in [-0.15, -0.1) is 0 Å². The lowest BCUT2D eigenvalue weighted by molar-refractivity contribution is 0.167. The molecule has 0 radical (unpaired) electrons. The largest absolute Gasteiger partial charge is 0.358 e. The number of urea groups is 1. The van der Waals surface area contributed by atoms with E-state index < -0.39 is 0 Å². The number of carbonyl (C=O) groups excluding carboxylic acids is 1. The Morgan fingerprint density at radius 1 is 1.08 bits per heavy atom. The standard InChI is InChI=1S/C20H28N4O/c1-23-10-8-17(9-11-23)21-20(25)24-12-6-15(7-13-24)19-14-16-4-2-3-5-18(16)22-19/h2-5,14-15,17,22H,6-13H2,1H3,(H,21,25). The number of carbonyl (C=O) groups is 1. The summed E-state index contributed by atoms with van der Waals surface area (Å²) in [6.07, 6.45) is 4.20. The molecule has 2 N–H and O–H groups in total. The quantitative estimate of drug-likeness (QED) is 0.882. The third kappa shape index (κ3) is 3.66. The molecule has 3 heterocycles. The number of aromatic nitrogens is 1. The van der Waals surface area contributed by atoms with Gasteiger partial charge in [-0.3, -0.25) is 0 Å². The zero-order chi connectivity index (χ0) is 17.2. The van der Waals surface area contributed by atoms with E-state index in [2.05, 4.69) is 52.6 Å². The molecule has 1 aromatic heterocycles. The van der Waals surface area contributed by atoms with Crippen LogP contribution < -0.4 is 5.32 Å². The number of amides is 2. The first-order valence-corrected chi connectivity index (χ1v) is 9.50. The maximum absolute atomic E-state index is 12.5. The van der Waals surface area contributed by atoms with Gasteiger partial charge in [0, 0.05) is 36.3 Å². The molecule has 2 aliphatic rings. The summed E-state index contributed by atoms with van der Waals surface area (Å²) in [4.78, 5) is 20.4. The average molecular weight is 340 g/mol. The van der Waals surface area contributed by atoms with Gasteiger partial charge in [-0.25, -0.2) is 4.79 Å². The van der Waals surface area contributed by atoms with Crippen LogP contribution in [0.2, 0.25) is 0 Å². The number of nitrogens with zero attached hydrogens (tertiary/aromatic N) is 2. The Labute approximate surface area is 149 Å². The van der Waals surface area contributed by atoms with E-state index in [1.807, 2.05) is 4.90 Å². The van der Waals surface area contributed by atoms with E-state index >= 15 is 0 Å². The van der Waals surface area contributed by atoms with Crippen molar-refractivity contribution >= 4 is 16.9 Å². The van der Waals surface area contributed by atoms with Gasteiger partial charge in [0.05, 0.1) is 0 Å². The van der Waals surface area contributed by atoms with E-state index in [-0.39, 0.29) is 6.03 Å². The number of likely N-dealkylation sites (tertiary alicyclic amines) is 2. The fourth-order valence-electron chi connectivity index (χ4n) is 4.13. The monoisotopic (exact) mass is 340 g/mol. The summed E-state index contributed by atoms with van der Waals surface area (Å²) < 4.78 is 0. The van der Waals surface area contributed by atoms with Crippen LogP contribution in [0.4, 0.5) is 4.79 Å². The number of hydrogen-bond donors (Lipinski definition) is 2. The van der Waals surface area contributed by atoms with Crippen molar-refractivity contribution < 1.29 is 4.79 Å². The molecule has 2 saturated heterocycles. The maximum atomic E-state index is 12.5. The van der Waals surface area contributed by atoms with Gasteiger partial charge in [0.25, 0.3) is 0 Å². The highest BCUT2D eigenvalue weighted by molar-refractivity contribution is 5.80. The number of benzene rings is 1. The number of para-hydroxylation sites is 1. The first-order chi connectivity index (χ1) is 12.2. The Morgan fingerprint density at radius 2 is 1.80 bits per heavy atom. The summed E-state index contributed by atoms with van der Waals surface area (Å²) in [5.41, 5.74) is 2.52. The highest BCUT2D eigenvalue weighted by atomic mass is 16.2. The summed E-state index contributed by atoms with van der Waals surface area (Å²) in [5, 5.41) is 4.52. The molecule has 0 bridgehead atoms. The van der Waals surface area contributed by atoms with Crippen LogP contribution in [0.3, 0.4) is 0 Å². The third-order valence-corrected chi connectivity index (χ3v) is 5.82. The molecule has 2 aliphatic heterocycles. The molecule has 0 spiro atoms. The molecule has 0 saturated carbocycles. The van der Waals surface area contributed by atoms with E-state index in [4.69, 9.17) is 0 Å². The molecule has 1 aromatic carbocycles. The van der Waals surface area contributed by atoms with Crippen LogP contribution in [0.1, 0.15) is 37.3 Å². The van der Waals surface area contributed by atoms with E-state index in [0.29, 0.717) is 12.0 Å². The lowest BCUT2D eigenvalue weighted by Gasteiger charge is -2.35. The second kappa shape index (κ2) is 7.08. The average Bonchev–Trinajstić information content (AvgIpc) is 3.08. The van der Waals surface area contributed by atoms with Gasteiger partial charge in [0.2, 0.25) is 0 Å². The van der Waals surface area contributed by atoms with Crippen molar-refractivity contribution in [2.75, 3.05) is 33.2 Å². The minimum atomic E-state index is 0.129. The van der Waals surface area contributed by atoms with Gasteiger partial charge in [0.15, 0.2) is 0 Å². The number of hydrogen-bond acceptors (Lipinski definition) is 2. The smallest absolute Gasteiger partial charge is 0.317 e. The molecule has 134 valence electrons. The number of H-pyrrole nitrogens is 1. The molecule has 0 atom stereocenters. The summed E-state index contributed by atoms with van der Waals surface area (Å²) >= 11 is 0. The van der Waals surface area contributed by atoms with E-state index in [1.165, 1.54) is 16.6 Å². The molecule has 2 aromatic rings. The van der Waals surface area contributed by atoms with E-state index in [1.54, 1.807) is 0 Å². The first-order valence-electron chi connectivity index (χ1n) is 9.50. The van der Waals surface area contributed by atoms with Crippen LogP contribution in [0.15, 0.2) is 30.3 Å². The molecule has 2 fully saturated rings. The Hall–Kier alpha value is -2.01. The van der Waals surface area contributed by atoms with Gasteiger partial charge in [-0.05, 0) is 63.3 Å². The molecule has 25 heavy (non-hydrogen) atoms. The molecular weight excluding hydrogens is 312 g/mol. The van der Waals surface area contributed by atoms with E-state index in [0.717, 1.165) is 51.9 Å². The van der Waals surface area contributed by atoms with Crippen molar-refractivity contribution in [2.24, 2.45) is 0 Å². The Bertz CT molecular complexity index is 691. The van der Waals surface area contributed by atoms with Crippen LogP contribution in [0, 0.1) is 0 Å². The Morgan fingerprint density at radius 3 is 2.52 bits per heavy atom. The summed E-state index contributed by atoms with van der Waals surface area (Å²) in [6.45, 7) is 3.85. The lowest BCUT2D eigenvalue weighted by atomic mass is 9.93. The molecule has 5 heteroatoms. The van der Waals surface area contributed by atoms with Gasteiger partial charge in [0.1, 0.15) is 0 Å². The fourth-order valence-corrected chi connectivity index (χ4v) is 4.13. The van der Waals surface area contributed by atoms with Crippen molar-refractivity contribution in [1.82, 2.24) is 20.1 Å². The van der Waals surface area contributed by atoms with Crippen molar-refractivity contribution in [3.63, 3.8) is 0 Å². The number of rotatable bonds is 2. The van der Waals surface area contributed by atoms with Crippen molar-refractivity contribution in [3.8, 4) is 0 Å². The van der Waals surface area contributed by atoms with Gasteiger partial charge >= 0.3 is 6.03 Å². The molecular formula is C20H28N4O. The summed E-state index contributed by atoms with van der Waals surface area (Å²) in [6, 6.07) is 11.2. The minimum absolute atomic E-state index is 0.129. The first kappa shape index (κ1) is 16.5. The highest BCUT2D eigenvalue weighted by Gasteiger charge is 2.26. The van der Waals surface area contributed by atoms with Crippen LogP contribution in [-0.2, 0) is 0 Å². The minimum Gasteiger partial charge on any atom is -0.358 e. The SMILES string of the molecule is CN1CCC(NC(=O)N2CCC(c3cc4ccccc4[nH]3)CC2)CC1. The van der Waals surface area contributed by atoms with Crippen LogP contribution >= 0.6 is 0 Å². The number of nitrogens with one attached hydrogen (secondary N) is 2. The topological polar surface area (TPSA) is 51.4 Å². The molecule has 5 nitrogen and oxygen atoms in total. The summed E-state index contributed by atoms with van der Waals surface area (Å²) in [5.74, 6) is 0.528.